The molecule has 5 nitrogen and oxygen atoms in total. The van der Waals surface area contributed by atoms with Crippen LogP contribution in [0, 0.1) is 0 Å². The molecular formula is C18H35NO4S. The van der Waals surface area contributed by atoms with Crippen LogP contribution < -0.4 is 5.32 Å². The molecule has 0 radical (unpaired) electrons. The number of hydrogen-bond acceptors (Lipinski definition) is 3. The van der Waals surface area contributed by atoms with E-state index in [2.05, 4.69) is 18.8 Å². The van der Waals surface area contributed by atoms with E-state index in [0.29, 0.717) is 6.42 Å². The summed E-state index contributed by atoms with van der Waals surface area (Å²) >= 11 is 0. The van der Waals surface area contributed by atoms with Gasteiger partial charge in [0.15, 0.2) is 0 Å². The van der Waals surface area contributed by atoms with Gasteiger partial charge in [-0.25, -0.2) is 0 Å². The first-order valence-corrected chi connectivity index (χ1v) is 10.7. The predicted octanol–water partition coefficient (Wildman–Crippen LogP) is 4.25. The van der Waals surface area contributed by atoms with E-state index in [-0.39, 0.29) is 0 Å². The van der Waals surface area contributed by atoms with Crippen molar-refractivity contribution in [2.45, 2.75) is 90.0 Å². The van der Waals surface area contributed by atoms with Crippen molar-refractivity contribution in [2.24, 2.45) is 0 Å². The topological polar surface area (TPSA) is 83.5 Å². The molecular weight excluding hydrogens is 326 g/mol. The van der Waals surface area contributed by atoms with Crippen LogP contribution in [0.3, 0.4) is 0 Å². The first-order chi connectivity index (χ1) is 11.2. The maximum Gasteiger partial charge on any atom is 0.267 e. The Kier molecular flexibility index (Phi) is 12.0. The SMILES string of the molecule is C=CC(=O)NC(C)(CCCCCCCCCCCC)CS(=O)(=O)O. The fourth-order valence-corrected chi connectivity index (χ4v) is 3.95. The highest BCUT2D eigenvalue weighted by Crippen LogP contribution is 2.19. The Bertz CT molecular complexity index is 462. The van der Waals surface area contributed by atoms with Gasteiger partial charge < -0.3 is 5.32 Å². The molecule has 142 valence electrons. The minimum absolute atomic E-state index is 0.423. The van der Waals surface area contributed by atoms with E-state index in [1.54, 1.807) is 6.92 Å². The molecule has 0 rings (SSSR count). The summed E-state index contributed by atoms with van der Waals surface area (Å²) in [6, 6.07) is 0. The van der Waals surface area contributed by atoms with Gasteiger partial charge in [0.05, 0.1) is 11.3 Å². The molecule has 0 fully saturated rings. The molecule has 24 heavy (non-hydrogen) atoms. The van der Waals surface area contributed by atoms with E-state index in [0.717, 1.165) is 25.3 Å². The zero-order valence-electron chi connectivity index (χ0n) is 15.3. The Morgan fingerprint density at radius 2 is 1.50 bits per heavy atom. The molecule has 0 aromatic rings. The highest BCUT2D eigenvalue weighted by atomic mass is 32.2. The molecule has 6 heteroatoms. The fourth-order valence-electron chi connectivity index (χ4n) is 2.92. The van der Waals surface area contributed by atoms with Crippen LogP contribution >= 0.6 is 0 Å². The van der Waals surface area contributed by atoms with Crippen molar-refractivity contribution in [1.82, 2.24) is 5.32 Å². The molecule has 0 aromatic carbocycles. The highest BCUT2D eigenvalue weighted by molar-refractivity contribution is 7.85. The second-order valence-corrected chi connectivity index (χ2v) is 8.36. The summed E-state index contributed by atoms with van der Waals surface area (Å²) in [7, 11) is -4.15. The average molecular weight is 362 g/mol. The second kappa shape index (κ2) is 12.5. The minimum Gasteiger partial charge on any atom is -0.346 e. The minimum atomic E-state index is -4.15. The number of rotatable bonds is 15. The van der Waals surface area contributed by atoms with Gasteiger partial charge in [0.25, 0.3) is 10.1 Å². The number of unbranched alkanes of at least 4 members (excludes halogenated alkanes) is 9. The molecule has 0 spiro atoms. The summed E-state index contributed by atoms with van der Waals surface area (Å²) in [4.78, 5) is 11.5. The summed E-state index contributed by atoms with van der Waals surface area (Å²) in [6.07, 6.45) is 13.5. The van der Waals surface area contributed by atoms with E-state index in [4.69, 9.17) is 4.55 Å². The van der Waals surface area contributed by atoms with Gasteiger partial charge in [0, 0.05) is 0 Å². The van der Waals surface area contributed by atoms with Crippen molar-refractivity contribution in [3.8, 4) is 0 Å². The molecule has 1 atom stereocenters. The molecule has 2 N–H and O–H groups in total. The van der Waals surface area contributed by atoms with E-state index in [1.807, 2.05) is 0 Å². The molecule has 0 aromatic heterocycles. The van der Waals surface area contributed by atoms with Crippen LogP contribution in [0.1, 0.15) is 84.5 Å². The Hall–Kier alpha value is -0.880. The summed E-state index contributed by atoms with van der Waals surface area (Å²) in [5.74, 6) is -0.898. The van der Waals surface area contributed by atoms with Crippen molar-refractivity contribution in [2.75, 3.05) is 5.75 Å². The second-order valence-electron chi connectivity index (χ2n) is 6.91. The maximum atomic E-state index is 11.5. The smallest absolute Gasteiger partial charge is 0.267 e. The van der Waals surface area contributed by atoms with Crippen molar-refractivity contribution < 1.29 is 17.8 Å². The molecule has 0 aliphatic heterocycles. The Morgan fingerprint density at radius 1 is 1.04 bits per heavy atom. The first kappa shape index (κ1) is 23.1. The van der Waals surface area contributed by atoms with Crippen LogP contribution in [0.15, 0.2) is 12.7 Å². The summed E-state index contributed by atoms with van der Waals surface area (Å²) in [6.45, 7) is 7.24. The van der Waals surface area contributed by atoms with Gasteiger partial charge >= 0.3 is 0 Å². The zero-order chi connectivity index (χ0) is 18.5. The molecule has 1 amide bonds. The van der Waals surface area contributed by atoms with Gasteiger partial charge in [0.2, 0.25) is 5.91 Å². The van der Waals surface area contributed by atoms with Crippen LogP contribution in [0.4, 0.5) is 0 Å². The van der Waals surface area contributed by atoms with Gasteiger partial charge in [-0.15, -0.1) is 0 Å². The van der Waals surface area contributed by atoms with Crippen LogP contribution in [0.2, 0.25) is 0 Å². The van der Waals surface area contributed by atoms with E-state index < -0.39 is 27.3 Å². The Labute approximate surface area is 148 Å². The van der Waals surface area contributed by atoms with E-state index in [1.165, 1.54) is 44.9 Å². The molecule has 1 unspecified atom stereocenters. The third-order valence-electron chi connectivity index (χ3n) is 4.19. The largest absolute Gasteiger partial charge is 0.346 e. The molecule has 0 saturated heterocycles. The summed E-state index contributed by atoms with van der Waals surface area (Å²) in [5, 5.41) is 2.63. The lowest BCUT2D eigenvalue weighted by molar-refractivity contribution is -0.118. The quantitative estimate of drug-likeness (QED) is 0.259. The predicted molar refractivity (Wildman–Crippen MR) is 99.6 cm³/mol. The molecule has 0 aliphatic carbocycles. The van der Waals surface area contributed by atoms with Crippen molar-refractivity contribution in [3.63, 3.8) is 0 Å². The normalized spacial score (nSPS) is 14.1. The maximum absolute atomic E-state index is 11.5. The first-order valence-electron chi connectivity index (χ1n) is 9.12. The lowest BCUT2D eigenvalue weighted by Gasteiger charge is -2.29. The summed E-state index contributed by atoms with van der Waals surface area (Å²) in [5.41, 5.74) is -0.959. The average Bonchev–Trinajstić information content (AvgIpc) is 2.47. The van der Waals surface area contributed by atoms with Crippen molar-refractivity contribution in [1.29, 1.82) is 0 Å². The monoisotopic (exact) mass is 361 g/mol. The van der Waals surface area contributed by atoms with Gasteiger partial charge in [0.1, 0.15) is 0 Å². The van der Waals surface area contributed by atoms with E-state index >= 15 is 0 Å². The molecule has 0 saturated carbocycles. The van der Waals surface area contributed by atoms with Crippen LogP contribution in [0.5, 0.6) is 0 Å². The molecule has 0 heterocycles. The zero-order valence-corrected chi connectivity index (χ0v) is 16.2. The number of carbonyl (C=O) groups excluding carboxylic acids is 1. The molecule has 0 aliphatic rings. The van der Waals surface area contributed by atoms with Gasteiger partial charge in [-0.1, -0.05) is 77.7 Å². The fraction of sp³-hybridized carbons (Fsp3) is 0.833. The van der Waals surface area contributed by atoms with Crippen LogP contribution in [0.25, 0.3) is 0 Å². The number of carbonyl (C=O) groups is 1. The standard InChI is InChI=1S/C18H35NO4S/c1-4-6-7-8-9-10-11-12-13-14-15-18(3,16-24(21,22)23)19-17(20)5-2/h5H,2,4,6-16H2,1,3H3,(H,19,20)(H,21,22,23). The number of hydrogen-bond donors (Lipinski definition) is 2. The van der Waals surface area contributed by atoms with Gasteiger partial charge in [-0.05, 0) is 19.4 Å². The summed E-state index contributed by atoms with van der Waals surface area (Å²) < 4.78 is 31.4. The lowest BCUT2D eigenvalue weighted by atomic mass is 9.95. The van der Waals surface area contributed by atoms with Gasteiger partial charge in [-0.2, -0.15) is 8.42 Å². The van der Waals surface area contributed by atoms with E-state index in [9.17, 15) is 13.2 Å². The number of nitrogens with one attached hydrogen (secondary N) is 1. The van der Waals surface area contributed by atoms with Crippen molar-refractivity contribution >= 4 is 16.0 Å². The van der Waals surface area contributed by atoms with Crippen LogP contribution in [-0.2, 0) is 14.9 Å². The third-order valence-corrected chi connectivity index (χ3v) is 5.20. The Morgan fingerprint density at radius 3 is 1.92 bits per heavy atom. The Balaban J connectivity index is 4.02. The molecule has 0 bridgehead atoms. The lowest BCUT2D eigenvalue weighted by Crippen LogP contribution is -2.50. The third kappa shape index (κ3) is 13.5. The van der Waals surface area contributed by atoms with Crippen molar-refractivity contribution in [3.05, 3.63) is 12.7 Å². The highest BCUT2D eigenvalue weighted by Gasteiger charge is 2.30. The van der Waals surface area contributed by atoms with Gasteiger partial charge in [-0.3, -0.25) is 9.35 Å². The number of amides is 1. The van der Waals surface area contributed by atoms with Crippen LogP contribution in [-0.4, -0.2) is 30.2 Å².